The quantitative estimate of drug-likeness (QED) is 0.168. The molecule has 6 nitrogen and oxygen atoms in total. The first-order chi connectivity index (χ1) is 31.3. The predicted molar refractivity (Wildman–Crippen MR) is 259 cm³/mol. The van der Waals surface area contributed by atoms with Crippen molar-refractivity contribution in [2.75, 3.05) is 0 Å². The molecule has 9 aromatic carbocycles. The number of fused-ring (bicyclic) bond motifs is 10. The molecular formula is C57H36N6. The van der Waals surface area contributed by atoms with Crippen LogP contribution in [-0.4, -0.2) is 28.7 Å². The molecule has 0 bridgehead atoms. The van der Waals surface area contributed by atoms with Gasteiger partial charge in [-0.15, -0.1) is 0 Å². The normalized spacial score (nSPS) is 11.8. The molecule has 0 N–H and O–H groups in total. The van der Waals surface area contributed by atoms with Gasteiger partial charge in [0.05, 0.1) is 38.8 Å². The Morgan fingerprint density at radius 1 is 0.270 bits per heavy atom. The average Bonchev–Trinajstić information content (AvgIpc) is 4.00. The third-order valence-electron chi connectivity index (χ3n) is 12.4. The molecule has 4 heterocycles. The largest absolute Gasteiger partial charge is 0.309 e. The molecule has 0 spiro atoms. The van der Waals surface area contributed by atoms with E-state index in [9.17, 15) is 0 Å². The summed E-state index contributed by atoms with van der Waals surface area (Å²) < 4.78 is 7.33. The summed E-state index contributed by atoms with van der Waals surface area (Å²) in [6, 6.07) is 77.4. The standard InChI is InChI=1S/C57H36N6/c1-5-19-37(20-6-1)55-58-56(38-21-7-2-8-22-38)60-57(59-55)39-35-46-43-28-14-17-31-48(43)61(40-23-9-3-10-24-40)53(46)51(36-39)63-49-32-18-15-29-45(49)52-50(63)34-33-44-42-27-13-16-30-47(42)62(54(44)52)41-25-11-4-12-26-41/h1-36H. The maximum Gasteiger partial charge on any atom is 0.164 e. The van der Waals surface area contributed by atoms with E-state index in [1.165, 1.54) is 32.6 Å². The molecule has 0 aliphatic rings. The van der Waals surface area contributed by atoms with Crippen LogP contribution >= 0.6 is 0 Å². The molecule has 0 atom stereocenters. The van der Waals surface area contributed by atoms with Crippen molar-refractivity contribution in [3.63, 3.8) is 0 Å². The second kappa shape index (κ2) is 14.0. The molecule has 13 rings (SSSR count). The van der Waals surface area contributed by atoms with E-state index < -0.39 is 0 Å². The van der Waals surface area contributed by atoms with Crippen LogP contribution < -0.4 is 0 Å². The van der Waals surface area contributed by atoms with Gasteiger partial charge in [-0.1, -0.05) is 158 Å². The number of hydrogen-bond donors (Lipinski definition) is 0. The molecule has 0 aliphatic heterocycles. The number of nitrogens with zero attached hydrogens (tertiary/aromatic N) is 6. The summed E-state index contributed by atoms with van der Waals surface area (Å²) in [6.07, 6.45) is 0. The van der Waals surface area contributed by atoms with Crippen LogP contribution in [0.2, 0.25) is 0 Å². The van der Waals surface area contributed by atoms with E-state index >= 15 is 0 Å². The van der Waals surface area contributed by atoms with Crippen LogP contribution in [0.15, 0.2) is 218 Å². The first-order valence-corrected chi connectivity index (χ1v) is 21.3. The van der Waals surface area contributed by atoms with Gasteiger partial charge in [0.15, 0.2) is 17.5 Å². The SMILES string of the molecule is c1ccc(-c2nc(-c3ccccc3)nc(-c3cc(-n4c5ccccc5c5c4ccc4c6ccccc6n(-c6ccccc6)c45)c4c(c3)c3ccccc3n4-c3ccccc3)n2)cc1. The molecule has 0 radical (unpaired) electrons. The lowest BCUT2D eigenvalue weighted by Gasteiger charge is -2.16. The molecule has 4 aromatic heterocycles. The molecule has 294 valence electrons. The van der Waals surface area contributed by atoms with Crippen molar-refractivity contribution in [1.82, 2.24) is 28.7 Å². The number of para-hydroxylation sites is 5. The van der Waals surface area contributed by atoms with Crippen molar-refractivity contribution in [2.24, 2.45) is 0 Å². The van der Waals surface area contributed by atoms with E-state index in [0.717, 1.165) is 66.6 Å². The first-order valence-electron chi connectivity index (χ1n) is 21.3. The first kappa shape index (κ1) is 35.2. The van der Waals surface area contributed by atoms with Gasteiger partial charge in [0.25, 0.3) is 0 Å². The molecule has 0 saturated carbocycles. The van der Waals surface area contributed by atoms with Crippen LogP contribution in [0.3, 0.4) is 0 Å². The average molecular weight is 805 g/mol. The van der Waals surface area contributed by atoms with E-state index in [2.05, 4.69) is 196 Å². The fraction of sp³-hybridized carbons (Fsp3) is 0. The third kappa shape index (κ3) is 5.41. The van der Waals surface area contributed by atoms with Gasteiger partial charge in [0.1, 0.15) is 0 Å². The fourth-order valence-electron chi connectivity index (χ4n) is 9.77. The van der Waals surface area contributed by atoms with Gasteiger partial charge in [-0.2, -0.15) is 0 Å². The van der Waals surface area contributed by atoms with Gasteiger partial charge >= 0.3 is 0 Å². The minimum atomic E-state index is 0.606. The number of aromatic nitrogens is 6. The minimum absolute atomic E-state index is 0.606. The van der Waals surface area contributed by atoms with Gasteiger partial charge in [-0.25, -0.2) is 15.0 Å². The fourth-order valence-corrected chi connectivity index (χ4v) is 9.77. The van der Waals surface area contributed by atoms with Crippen molar-refractivity contribution >= 4 is 65.4 Å². The smallest absolute Gasteiger partial charge is 0.164 e. The second-order valence-electron chi connectivity index (χ2n) is 16.0. The van der Waals surface area contributed by atoms with Crippen molar-refractivity contribution in [1.29, 1.82) is 0 Å². The molecule has 13 aromatic rings. The zero-order valence-corrected chi connectivity index (χ0v) is 34.0. The molecule has 6 heteroatoms. The maximum absolute atomic E-state index is 5.27. The molecular weight excluding hydrogens is 769 g/mol. The zero-order chi connectivity index (χ0) is 41.4. The molecule has 0 saturated heterocycles. The predicted octanol–water partition coefficient (Wildman–Crippen LogP) is 14.2. The van der Waals surface area contributed by atoms with Crippen molar-refractivity contribution in [3.05, 3.63) is 218 Å². The van der Waals surface area contributed by atoms with E-state index in [0.29, 0.717) is 17.5 Å². The molecule has 0 fully saturated rings. The van der Waals surface area contributed by atoms with E-state index in [-0.39, 0.29) is 0 Å². The summed E-state index contributed by atoms with van der Waals surface area (Å²) in [6.45, 7) is 0. The summed E-state index contributed by atoms with van der Waals surface area (Å²) in [4.78, 5) is 15.6. The van der Waals surface area contributed by atoms with Gasteiger partial charge in [-0.3, -0.25) is 0 Å². The Morgan fingerprint density at radius 3 is 1.25 bits per heavy atom. The maximum atomic E-state index is 5.27. The molecule has 0 aliphatic carbocycles. The Kier molecular flexibility index (Phi) is 7.80. The van der Waals surface area contributed by atoms with Crippen LogP contribution in [0, 0.1) is 0 Å². The Balaban J connectivity index is 1.20. The lowest BCUT2D eigenvalue weighted by Crippen LogP contribution is -2.03. The highest BCUT2D eigenvalue weighted by molar-refractivity contribution is 6.27. The van der Waals surface area contributed by atoms with Crippen LogP contribution in [-0.2, 0) is 0 Å². The van der Waals surface area contributed by atoms with E-state index in [1.807, 2.05) is 36.4 Å². The molecule has 0 amide bonds. The van der Waals surface area contributed by atoms with Gasteiger partial charge in [-0.05, 0) is 60.7 Å². The molecule has 0 unspecified atom stereocenters. The lowest BCUT2D eigenvalue weighted by atomic mass is 10.1. The van der Waals surface area contributed by atoms with Crippen molar-refractivity contribution < 1.29 is 0 Å². The monoisotopic (exact) mass is 804 g/mol. The van der Waals surface area contributed by atoms with Crippen LogP contribution in [0.5, 0.6) is 0 Å². The van der Waals surface area contributed by atoms with Gasteiger partial charge in [0.2, 0.25) is 0 Å². The Bertz CT molecular complexity index is 3830. The number of rotatable bonds is 6. The third-order valence-corrected chi connectivity index (χ3v) is 12.4. The van der Waals surface area contributed by atoms with Crippen molar-refractivity contribution in [2.45, 2.75) is 0 Å². The highest BCUT2D eigenvalue weighted by Crippen LogP contribution is 2.45. The van der Waals surface area contributed by atoms with E-state index in [1.54, 1.807) is 0 Å². The zero-order valence-electron chi connectivity index (χ0n) is 34.0. The van der Waals surface area contributed by atoms with Gasteiger partial charge < -0.3 is 13.7 Å². The van der Waals surface area contributed by atoms with Crippen LogP contribution in [0.1, 0.15) is 0 Å². The number of benzene rings is 9. The summed E-state index contributed by atoms with van der Waals surface area (Å²) in [5.41, 5.74) is 12.8. The Labute approximate surface area is 362 Å². The topological polar surface area (TPSA) is 53.5 Å². The lowest BCUT2D eigenvalue weighted by molar-refractivity contribution is 1.07. The summed E-state index contributed by atoms with van der Waals surface area (Å²) in [5, 5.41) is 7.07. The summed E-state index contributed by atoms with van der Waals surface area (Å²) >= 11 is 0. The van der Waals surface area contributed by atoms with Crippen molar-refractivity contribution in [3.8, 4) is 51.2 Å². The Morgan fingerprint density at radius 2 is 0.698 bits per heavy atom. The highest BCUT2D eigenvalue weighted by atomic mass is 15.1. The minimum Gasteiger partial charge on any atom is -0.309 e. The highest BCUT2D eigenvalue weighted by Gasteiger charge is 2.25. The second-order valence-corrected chi connectivity index (χ2v) is 16.0. The van der Waals surface area contributed by atoms with Gasteiger partial charge in [0, 0.05) is 60.4 Å². The number of hydrogen-bond acceptors (Lipinski definition) is 3. The van der Waals surface area contributed by atoms with Crippen LogP contribution in [0.4, 0.5) is 0 Å². The van der Waals surface area contributed by atoms with E-state index in [4.69, 9.17) is 15.0 Å². The summed E-state index contributed by atoms with van der Waals surface area (Å²) in [5.74, 6) is 1.86. The van der Waals surface area contributed by atoms with Crippen LogP contribution in [0.25, 0.3) is 117 Å². The molecule has 63 heavy (non-hydrogen) atoms. The summed E-state index contributed by atoms with van der Waals surface area (Å²) in [7, 11) is 0. The Hall–Kier alpha value is -8.61.